The number of carboxylic acids is 1. The van der Waals surface area contributed by atoms with Gasteiger partial charge in [0, 0.05) is 5.69 Å². The van der Waals surface area contributed by atoms with Gasteiger partial charge in [-0.1, -0.05) is 13.0 Å². The number of carboxylic acid groups (broad SMARTS) is 1. The van der Waals surface area contributed by atoms with Crippen LogP contribution in [-0.4, -0.2) is 25.2 Å². The summed E-state index contributed by atoms with van der Waals surface area (Å²) in [5, 5.41) is 17.3. The molecular weight excluding hydrogens is 256 g/mol. The van der Waals surface area contributed by atoms with Crippen LogP contribution in [0.25, 0.3) is 0 Å². The fourth-order valence-electron chi connectivity index (χ4n) is 1.27. The second kappa shape index (κ2) is 5.51. The third-order valence-corrected chi connectivity index (χ3v) is 3.64. The van der Waals surface area contributed by atoms with Crippen molar-refractivity contribution in [3.63, 3.8) is 0 Å². The van der Waals surface area contributed by atoms with Gasteiger partial charge in [0.05, 0.1) is 23.3 Å². The van der Waals surface area contributed by atoms with Crippen LogP contribution in [0, 0.1) is 17.2 Å². The van der Waals surface area contributed by atoms with Crippen LogP contribution in [0.15, 0.2) is 24.3 Å². The first-order valence-electron chi connectivity index (χ1n) is 5.07. The first-order valence-corrected chi connectivity index (χ1v) is 6.73. The Labute approximate surface area is 105 Å². The van der Waals surface area contributed by atoms with E-state index in [1.807, 2.05) is 6.07 Å². The molecule has 0 saturated heterocycles. The predicted molar refractivity (Wildman–Crippen MR) is 65.4 cm³/mol. The van der Waals surface area contributed by atoms with Crippen molar-refractivity contribution in [2.45, 2.75) is 6.92 Å². The molecule has 0 aliphatic rings. The standard InChI is InChI=1S/C11H12N2O4S/c1-8(11(14)15)7-18(16,17)13-10-4-2-3-9(5-10)6-12/h2-5,8,13H,7H2,1H3,(H,14,15)/t8-/m1/s1. The molecule has 1 aromatic rings. The lowest BCUT2D eigenvalue weighted by atomic mass is 10.2. The second-order valence-corrected chi connectivity index (χ2v) is 5.58. The zero-order valence-electron chi connectivity index (χ0n) is 9.62. The summed E-state index contributed by atoms with van der Waals surface area (Å²) in [5.74, 6) is -2.69. The van der Waals surface area contributed by atoms with E-state index < -0.39 is 27.7 Å². The summed E-state index contributed by atoms with van der Waals surface area (Å²) >= 11 is 0. The fourth-order valence-corrected chi connectivity index (χ4v) is 2.64. The highest BCUT2D eigenvalue weighted by molar-refractivity contribution is 7.92. The summed E-state index contributed by atoms with van der Waals surface area (Å²) in [6.45, 7) is 1.31. The molecule has 1 aromatic carbocycles. The van der Waals surface area contributed by atoms with E-state index in [1.54, 1.807) is 0 Å². The van der Waals surface area contributed by atoms with E-state index >= 15 is 0 Å². The zero-order valence-corrected chi connectivity index (χ0v) is 10.4. The summed E-state index contributed by atoms with van der Waals surface area (Å²) in [7, 11) is -3.74. The molecule has 0 aromatic heterocycles. The third kappa shape index (κ3) is 4.07. The van der Waals surface area contributed by atoms with E-state index in [0.29, 0.717) is 5.56 Å². The van der Waals surface area contributed by atoms with E-state index in [2.05, 4.69) is 4.72 Å². The van der Waals surface area contributed by atoms with Crippen molar-refractivity contribution in [2.75, 3.05) is 10.5 Å². The number of carbonyl (C=O) groups is 1. The van der Waals surface area contributed by atoms with Crippen LogP contribution in [0.3, 0.4) is 0 Å². The third-order valence-electron chi connectivity index (χ3n) is 2.16. The van der Waals surface area contributed by atoms with Crippen LogP contribution in [0.2, 0.25) is 0 Å². The van der Waals surface area contributed by atoms with Gasteiger partial charge in [0.25, 0.3) is 0 Å². The number of rotatable bonds is 5. The second-order valence-electron chi connectivity index (χ2n) is 3.82. The van der Waals surface area contributed by atoms with Crippen molar-refractivity contribution >= 4 is 21.7 Å². The lowest BCUT2D eigenvalue weighted by Crippen LogP contribution is -2.25. The number of nitrogens with one attached hydrogen (secondary N) is 1. The molecule has 0 fully saturated rings. The first-order chi connectivity index (χ1) is 8.34. The average Bonchev–Trinajstić information content (AvgIpc) is 2.27. The molecule has 1 atom stereocenters. The van der Waals surface area contributed by atoms with Crippen molar-refractivity contribution in [1.29, 1.82) is 5.26 Å². The van der Waals surface area contributed by atoms with Crippen molar-refractivity contribution in [3.8, 4) is 6.07 Å². The lowest BCUT2D eigenvalue weighted by Gasteiger charge is -2.10. The van der Waals surface area contributed by atoms with Gasteiger partial charge in [-0.15, -0.1) is 0 Å². The minimum Gasteiger partial charge on any atom is -0.481 e. The Balaban J connectivity index is 2.83. The number of benzene rings is 1. The van der Waals surface area contributed by atoms with Gasteiger partial charge >= 0.3 is 5.97 Å². The minimum absolute atomic E-state index is 0.242. The number of aliphatic carboxylic acids is 1. The van der Waals surface area contributed by atoms with Crippen LogP contribution in [-0.2, 0) is 14.8 Å². The maximum atomic E-state index is 11.7. The van der Waals surface area contributed by atoms with E-state index in [4.69, 9.17) is 10.4 Å². The maximum absolute atomic E-state index is 11.7. The topological polar surface area (TPSA) is 107 Å². The molecule has 0 radical (unpaired) electrons. The number of hydrogen-bond donors (Lipinski definition) is 2. The Morgan fingerprint density at radius 2 is 2.22 bits per heavy atom. The Bertz CT molecular complexity index is 589. The Morgan fingerprint density at radius 1 is 1.56 bits per heavy atom. The van der Waals surface area contributed by atoms with Gasteiger partial charge in [-0.3, -0.25) is 9.52 Å². The van der Waals surface area contributed by atoms with Gasteiger partial charge in [0.2, 0.25) is 10.0 Å². The summed E-state index contributed by atoms with van der Waals surface area (Å²) in [6, 6.07) is 7.83. The van der Waals surface area contributed by atoms with Crippen molar-refractivity contribution in [3.05, 3.63) is 29.8 Å². The largest absolute Gasteiger partial charge is 0.481 e. The highest BCUT2D eigenvalue weighted by Crippen LogP contribution is 2.13. The lowest BCUT2D eigenvalue weighted by molar-refractivity contribution is -0.140. The normalized spacial score (nSPS) is 12.4. The van der Waals surface area contributed by atoms with Crippen molar-refractivity contribution in [2.24, 2.45) is 5.92 Å². The van der Waals surface area contributed by atoms with Crippen LogP contribution in [0.1, 0.15) is 12.5 Å². The summed E-state index contributed by atoms with van der Waals surface area (Å²) in [6.07, 6.45) is 0. The molecule has 6 nitrogen and oxygen atoms in total. The Hall–Kier alpha value is -2.07. The molecule has 0 unspecified atom stereocenters. The number of nitrogens with zero attached hydrogens (tertiary/aromatic N) is 1. The summed E-state index contributed by atoms with van der Waals surface area (Å²) < 4.78 is 25.6. The molecule has 0 aliphatic carbocycles. The van der Waals surface area contributed by atoms with Gasteiger partial charge < -0.3 is 5.11 Å². The Morgan fingerprint density at radius 3 is 2.78 bits per heavy atom. The highest BCUT2D eigenvalue weighted by Gasteiger charge is 2.20. The van der Waals surface area contributed by atoms with Crippen LogP contribution >= 0.6 is 0 Å². The van der Waals surface area contributed by atoms with Gasteiger partial charge in [-0.2, -0.15) is 5.26 Å². The number of hydrogen-bond acceptors (Lipinski definition) is 4. The molecule has 0 aliphatic heterocycles. The summed E-state index contributed by atoms with van der Waals surface area (Å²) in [4.78, 5) is 10.6. The Kier molecular flexibility index (Phi) is 4.28. The minimum atomic E-state index is -3.74. The molecule has 0 bridgehead atoms. The molecule has 18 heavy (non-hydrogen) atoms. The van der Waals surface area contributed by atoms with Crippen molar-refractivity contribution < 1.29 is 18.3 Å². The number of anilines is 1. The fraction of sp³-hybridized carbons (Fsp3) is 0.273. The van der Waals surface area contributed by atoms with Crippen LogP contribution in [0.4, 0.5) is 5.69 Å². The van der Waals surface area contributed by atoms with E-state index in [1.165, 1.54) is 31.2 Å². The smallest absolute Gasteiger partial charge is 0.307 e. The molecule has 0 amide bonds. The quantitative estimate of drug-likeness (QED) is 0.829. The first kappa shape index (κ1) is 14.0. The van der Waals surface area contributed by atoms with E-state index in [0.717, 1.165) is 0 Å². The molecule has 0 spiro atoms. The molecule has 0 saturated carbocycles. The van der Waals surface area contributed by atoms with Crippen molar-refractivity contribution in [1.82, 2.24) is 0 Å². The van der Waals surface area contributed by atoms with E-state index in [9.17, 15) is 13.2 Å². The van der Waals surface area contributed by atoms with Crippen LogP contribution < -0.4 is 4.72 Å². The van der Waals surface area contributed by atoms with Gasteiger partial charge in [0.1, 0.15) is 0 Å². The van der Waals surface area contributed by atoms with Gasteiger partial charge in [-0.05, 0) is 18.2 Å². The highest BCUT2D eigenvalue weighted by atomic mass is 32.2. The van der Waals surface area contributed by atoms with E-state index in [-0.39, 0.29) is 5.69 Å². The zero-order chi connectivity index (χ0) is 13.8. The maximum Gasteiger partial charge on any atom is 0.307 e. The van der Waals surface area contributed by atoms with Gasteiger partial charge in [0.15, 0.2) is 0 Å². The summed E-state index contributed by atoms with van der Waals surface area (Å²) in [5.41, 5.74) is 0.563. The predicted octanol–water partition coefficient (Wildman–Crippen LogP) is 1.02. The monoisotopic (exact) mass is 268 g/mol. The SMILES string of the molecule is C[C@H](CS(=O)(=O)Nc1cccc(C#N)c1)C(=O)O. The molecule has 7 heteroatoms. The number of sulfonamides is 1. The average molecular weight is 268 g/mol. The molecule has 0 heterocycles. The van der Waals surface area contributed by atoms with Gasteiger partial charge in [-0.25, -0.2) is 8.42 Å². The molecule has 2 N–H and O–H groups in total. The molecule has 96 valence electrons. The molecule has 1 rings (SSSR count). The molecular formula is C11H12N2O4S. The number of nitriles is 1. The van der Waals surface area contributed by atoms with Crippen LogP contribution in [0.5, 0.6) is 0 Å².